The molecule has 26 heavy (non-hydrogen) atoms. The first-order valence-corrected chi connectivity index (χ1v) is 8.76. The van der Waals surface area contributed by atoms with Gasteiger partial charge in [-0.05, 0) is 23.8 Å². The van der Waals surface area contributed by atoms with Gasteiger partial charge >= 0.3 is 6.01 Å². The van der Waals surface area contributed by atoms with Crippen molar-refractivity contribution in [2.45, 2.75) is 6.42 Å². The van der Waals surface area contributed by atoms with Crippen LogP contribution in [0.5, 0.6) is 11.8 Å². The van der Waals surface area contributed by atoms with Gasteiger partial charge in [0.25, 0.3) is 0 Å². The van der Waals surface area contributed by atoms with Crippen LogP contribution in [0.15, 0.2) is 42.7 Å². The fourth-order valence-corrected chi connectivity index (χ4v) is 2.91. The maximum absolute atomic E-state index is 12.7. The number of carbonyl (C=O) groups is 1. The molecule has 0 aliphatic carbocycles. The predicted octanol–water partition coefficient (Wildman–Crippen LogP) is 1.15. The van der Waals surface area contributed by atoms with E-state index in [0.29, 0.717) is 32.1 Å². The second-order valence-corrected chi connectivity index (χ2v) is 6.28. The zero-order chi connectivity index (χ0) is 18.2. The van der Waals surface area contributed by atoms with E-state index in [1.807, 2.05) is 29.2 Å². The van der Waals surface area contributed by atoms with Crippen LogP contribution in [-0.4, -0.2) is 60.7 Å². The van der Waals surface area contributed by atoms with Crippen LogP contribution in [0.25, 0.3) is 0 Å². The molecule has 1 aliphatic rings. The SMILES string of the molecule is COc1ccc(CC(=O)N2CCNC[C@H](COc3ncccn3)C2)cc1. The molecular formula is C19H24N4O3. The highest BCUT2D eigenvalue weighted by Crippen LogP contribution is 2.14. The van der Waals surface area contributed by atoms with Gasteiger partial charge in [0.15, 0.2) is 0 Å². The molecule has 1 amide bonds. The fraction of sp³-hybridized carbons (Fsp3) is 0.421. The van der Waals surface area contributed by atoms with Crippen molar-refractivity contribution >= 4 is 5.91 Å². The van der Waals surface area contributed by atoms with E-state index in [2.05, 4.69) is 15.3 Å². The number of ether oxygens (including phenoxy) is 2. The molecule has 1 aliphatic heterocycles. The third-order valence-electron chi connectivity index (χ3n) is 4.33. The number of nitrogens with one attached hydrogen (secondary N) is 1. The van der Waals surface area contributed by atoms with Gasteiger partial charge in [-0.3, -0.25) is 4.79 Å². The maximum Gasteiger partial charge on any atom is 0.316 e. The number of methoxy groups -OCH3 is 1. The first-order chi connectivity index (χ1) is 12.7. The number of benzene rings is 1. The van der Waals surface area contributed by atoms with Crippen molar-refractivity contribution in [2.75, 3.05) is 39.9 Å². The first-order valence-electron chi connectivity index (χ1n) is 8.76. The molecule has 0 saturated carbocycles. The second kappa shape index (κ2) is 9.15. The Balaban J connectivity index is 1.54. The average Bonchev–Trinajstić information content (AvgIpc) is 2.94. The van der Waals surface area contributed by atoms with E-state index in [4.69, 9.17) is 9.47 Å². The summed E-state index contributed by atoms with van der Waals surface area (Å²) in [6.07, 6.45) is 3.69. The summed E-state index contributed by atoms with van der Waals surface area (Å²) in [5.41, 5.74) is 0.985. The van der Waals surface area contributed by atoms with Gasteiger partial charge in [0.2, 0.25) is 5.91 Å². The lowest BCUT2D eigenvalue weighted by Crippen LogP contribution is -2.38. The highest BCUT2D eigenvalue weighted by molar-refractivity contribution is 5.78. The lowest BCUT2D eigenvalue weighted by atomic mass is 10.1. The summed E-state index contributed by atoms with van der Waals surface area (Å²) in [6.45, 7) is 3.43. The summed E-state index contributed by atoms with van der Waals surface area (Å²) in [5.74, 6) is 1.11. The van der Waals surface area contributed by atoms with E-state index in [0.717, 1.165) is 24.4 Å². The van der Waals surface area contributed by atoms with Gasteiger partial charge in [0.1, 0.15) is 5.75 Å². The molecule has 0 bridgehead atoms. The summed E-state index contributed by atoms with van der Waals surface area (Å²) in [6, 6.07) is 9.74. The molecule has 7 heteroatoms. The molecule has 1 aromatic carbocycles. The minimum absolute atomic E-state index is 0.125. The zero-order valence-corrected chi connectivity index (χ0v) is 14.9. The Morgan fingerprint density at radius 3 is 2.77 bits per heavy atom. The number of hydrogen-bond donors (Lipinski definition) is 1. The fourth-order valence-electron chi connectivity index (χ4n) is 2.91. The number of amides is 1. The standard InChI is InChI=1S/C19H24N4O3/c1-25-17-5-3-15(4-6-17)11-18(24)23-10-9-20-12-16(13-23)14-26-19-21-7-2-8-22-19/h2-8,16,20H,9-14H2,1H3/t16-/m0/s1. The number of hydrogen-bond acceptors (Lipinski definition) is 6. The second-order valence-electron chi connectivity index (χ2n) is 6.28. The largest absolute Gasteiger partial charge is 0.497 e. The van der Waals surface area contributed by atoms with Crippen LogP contribution in [-0.2, 0) is 11.2 Å². The van der Waals surface area contributed by atoms with E-state index in [9.17, 15) is 4.79 Å². The normalized spacial score (nSPS) is 17.4. The molecule has 138 valence electrons. The van der Waals surface area contributed by atoms with Crippen molar-refractivity contribution in [3.63, 3.8) is 0 Å². The molecule has 0 spiro atoms. The van der Waals surface area contributed by atoms with Crippen molar-refractivity contribution in [3.8, 4) is 11.8 Å². The van der Waals surface area contributed by atoms with Gasteiger partial charge in [-0.15, -0.1) is 0 Å². The van der Waals surface area contributed by atoms with E-state index in [-0.39, 0.29) is 11.8 Å². The smallest absolute Gasteiger partial charge is 0.316 e. The zero-order valence-electron chi connectivity index (χ0n) is 14.9. The Morgan fingerprint density at radius 1 is 1.27 bits per heavy atom. The minimum atomic E-state index is 0.125. The number of nitrogens with zero attached hydrogens (tertiary/aromatic N) is 3. The Hall–Kier alpha value is -2.67. The number of carbonyl (C=O) groups excluding carboxylic acids is 1. The molecule has 1 aromatic heterocycles. The molecule has 1 atom stereocenters. The summed E-state index contributed by atoms with van der Waals surface area (Å²) in [5, 5.41) is 3.37. The van der Waals surface area contributed by atoms with Gasteiger partial charge in [-0.1, -0.05) is 12.1 Å². The molecule has 3 rings (SSSR count). The molecule has 1 N–H and O–H groups in total. The molecule has 2 heterocycles. The molecule has 1 saturated heterocycles. The van der Waals surface area contributed by atoms with Crippen LogP contribution in [0.3, 0.4) is 0 Å². The van der Waals surface area contributed by atoms with Gasteiger partial charge in [-0.2, -0.15) is 0 Å². The van der Waals surface area contributed by atoms with Crippen LogP contribution in [0.4, 0.5) is 0 Å². The van der Waals surface area contributed by atoms with E-state index in [1.54, 1.807) is 25.6 Å². The van der Waals surface area contributed by atoms with Crippen LogP contribution in [0.1, 0.15) is 5.56 Å². The van der Waals surface area contributed by atoms with E-state index < -0.39 is 0 Å². The lowest BCUT2D eigenvalue weighted by molar-refractivity contribution is -0.130. The van der Waals surface area contributed by atoms with E-state index >= 15 is 0 Å². The molecule has 7 nitrogen and oxygen atoms in total. The Bertz CT molecular complexity index is 694. The van der Waals surface area contributed by atoms with Crippen LogP contribution < -0.4 is 14.8 Å². The van der Waals surface area contributed by atoms with Crippen molar-refractivity contribution in [2.24, 2.45) is 5.92 Å². The molecule has 1 fully saturated rings. The van der Waals surface area contributed by atoms with Crippen molar-refractivity contribution in [1.29, 1.82) is 0 Å². The highest BCUT2D eigenvalue weighted by Gasteiger charge is 2.22. The molecule has 0 unspecified atom stereocenters. The highest BCUT2D eigenvalue weighted by atomic mass is 16.5. The van der Waals surface area contributed by atoms with Gasteiger partial charge in [0.05, 0.1) is 20.1 Å². The summed E-state index contributed by atoms with van der Waals surface area (Å²) in [7, 11) is 1.63. The predicted molar refractivity (Wildman–Crippen MR) is 97.2 cm³/mol. The van der Waals surface area contributed by atoms with Crippen LogP contribution >= 0.6 is 0 Å². The molecular weight excluding hydrogens is 332 g/mol. The Morgan fingerprint density at radius 2 is 2.04 bits per heavy atom. The average molecular weight is 356 g/mol. The number of aromatic nitrogens is 2. The Kier molecular flexibility index (Phi) is 6.38. The van der Waals surface area contributed by atoms with Gasteiger partial charge < -0.3 is 19.7 Å². The number of rotatable bonds is 6. The molecule has 2 aromatic rings. The van der Waals surface area contributed by atoms with Crippen LogP contribution in [0, 0.1) is 5.92 Å². The minimum Gasteiger partial charge on any atom is -0.497 e. The Labute approximate surface area is 153 Å². The summed E-state index contributed by atoms with van der Waals surface area (Å²) >= 11 is 0. The first kappa shape index (κ1) is 18.1. The topological polar surface area (TPSA) is 76.6 Å². The third-order valence-corrected chi connectivity index (χ3v) is 4.33. The van der Waals surface area contributed by atoms with Crippen molar-refractivity contribution in [3.05, 3.63) is 48.3 Å². The van der Waals surface area contributed by atoms with Crippen LogP contribution in [0.2, 0.25) is 0 Å². The third kappa shape index (κ3) is 5.16. The quantitative estimate of drug-likeness (QED) is 0.837. The van der Waals surface area contributed by atoms with E-state index in [1.165, 1.54) is 0 Å². The van der Waals surface area contributed by atoms with Crippen molar-refractivity contribution < 1.29 is 14.3 Å². The van der Waals surface area contributed by atoms with Gasteiger partial charge in [0, 0.05) is 44.5 Å². The lowest BCUT2D eigenvalue weighted by Gasteiger charge is -2.24. The molecule has 0 radical (unpaired) electrons. The monoisotopic (exact) mass is 356 g/mol. The van der Waals surface area contributed by atoms with Crippen molar-refractivity contribution in [1.82, 2.24) is 20.2 Å². The summed E-state index contributed by atoms with van der Waals surface area (Å²) in [4.78, 5) is 22.7. The maximum atomic E-state index is 12.7. The summed E-state index contributed by atoms with van der Waals surface area (Å²) < 4.78 is 10.8. The van der Waals surface area contributed by atoms with Gasteiger partial charge in [-0.25, -0.2) is 9.97 Å².